The third-order valence-electron chi connectivity index (χ3n) is 3.90. The fourth-order valence-corrected chi connectivity index (χ4v) is 3.04. The molecule has 1 N–H and O–H groups in total. The number of fused-ring (bicyclic) bond motifs is 1. The number of imidazole rings is 1. The molecule has 0 bridgehead atoms. The molecule has 0 spiro atoms. The average Bonchev–Trinajstić information content (AvgIpc) is 3.28. The Labute approximate surface area is 159 Å². The van der Waals surface area contributed by atoms with Gasteiger partial charge < -0.3 is 9.40 Å². The second kappa shape index (κ2) is 6.72. The number of rotatable bonds is 3. The molecule has 6 heteroatoms. The number of benzene rings is 2. The molecule has 0 aliphatic heterocycles. The number of allylic oxidation sites excluding steroid dienone is 1. The zero-order valence-corrected chi connectivity index (χ0v) is 14.8. The Morgan fingerprint density at radius 2 is 1.92 bits per heavy atom. The third kappa shape index (κ3) is 2.99. The van der Waals surface area contributed by atoms with Crippen molar-refractivity contribution in [3.63, 3.8) is 0 Å². The molecule has 0 saturated heterocycles. The lowest BCUT2D eigenvalue weighted by Gasteiger charge is -2.02. The van der Waals surface area contributed by atoms with Crippen molar-refractivity contribution in [3.8, 4) is 17.4 Å². The molecule has 0 unspecified atom stereocenters. The maximum atomic E-state index is 9.51. The summed E-state index contributed by atoms with van der Waals surface area (Å²) in [5.74, 6) is 1.59. The lowest BCUT2D eigenvalue weighted by molar-refractivity contribution is 0.572. The minimum absolute atomic E-state index is 0.374. The minimum Gasteiger partial charge on any atom is -0.457 e. The topological polar surface area (TPSA) is 65.6 Å². The van der Waals surface area contributed by atoms with E-state index in [-0.39, 0.29) is 0 Å². The predicted molar refractivity (Wildman–Crippen MR) is 104 cm³/mol. The number of furan rings is 1. The molecule has 0 radical (unpaired) electrons. The minimum atomic E-state index is 0.374. The van der Waals surface area contributed by atoms with Crippen molar-refractivity contribution in [1.29, 1.82) is 5.26 Å². The smallest absolute Gasteiger partial charge is 0.149 e. The van der Waals surface area contributed by atoms with E-state index in [4.69, 9.17) is 27.6 Å². The van der Waals surface area contributed by atoms with Crippen molar-refractivity contribution < 1.29 is 4.42 Å². The molecular weight excluding hydrogens is 369 g/mol. The van der Waals surface area contributed by atoms with Gasteiger partial charge in [0.15, 0.2) is 0 Å². The lowest BCUT2D eigenvalue weighted by atomic mass is 10.2. The summed E-state index contributed by atoms with van der Waals surface area (Å²) in [5.41, 5.74) is 2.74. The molecule has 2 aromatic carbocycles. The number of para-hydroxylation sites is 2. The first-order valence-corrected chi connectivity index (χ1v) is 8.52. The zero-order chi connectivity index (χ0) is 18.1. The molecule has 2 heterocycles. The number of aromatic amines is 1. The van der Waals surface area contributed by atoms with Crippen LogP contribution in [0.1, 0.15) is 11.6 Å². The van der Waals surface area contributed by atoms with E-state index in [2.05, 4.69) is 16.0 Å². The van der Waals surface area contributed by atoms with Crippen molar-refractivity contribution in [2.24, 2.45) is 0 Å². The summed E-state index contributed by atoms with van der Waals surface area (Å²) in [4.78, 5) is 7.58. The fourth-order valence-electron chi connectivity index (χ4n) is 2.65. The molecule has 0 aliphatic rings. The van der Waals surface area contributed by atoms with Gasteiger partial charge in [0.1, 0.15) is 23.4 Å². The summed E-state index contributed by atoms with van der Waals surface area (Å²) >= 11 is 12.3. The first-order chi connectivity index (χ1) is 12.7. The van der Waals surface area contributed by atoms with E-state index in [1.54, 1.807) is 30.3 Å². The van der Waals surface area contributed by atoms with Gasteiger partial charge in [-0.1, -0.05) is 41.4 Å². The van der Waals surface area contributed by atoms with E-state index in [1.807, 2.05) is 30.3 Å². The first kappa shape index (κ1) is 16.5. The van der Waals surface area contributed by atoms with Gasteiger partial charge in [-0.15, -0.1) is 0 Å². The van der Waals surface area contributed by atoms with Gasteiger partial charge in [-0.05, 0) is 36.4 Å². The van der Waals surface area contributed by atoms with Gasteiger partial charge in [-0.2, -0.15) is 5.26 Å². The summed E-state index contributed by atoms with van der Waals surface area (Å²) < 4.78 is 5.82. The Kier molecular flexibility index (Phi) is 4.26. The van der Waals surface area contributed by atoms with E-state index in [9.17, 15) is 5.26 Å². The van der Waals surface area contributed by atoms with Gasteiger partial charge in [0.05, 0.1) is 26.7 Å². The van der Waals surface area contributed by atoms with Crippen LogP contribution in [0.4, 0.5) is 0 Å². The number of nitriles is 1. The van der Waals surface area contributed by atoms with Crippen LogP contribution in [0.15, 0.2) is 59.0 Å². The molecule has 4 rings (SSSR count). The second-order valence-corrected chi connectivity index (χ2v) is 6.36. The summed E-state index contributed by atoms with van der Waals surface area (Å²) in [7, 11) is 0. The number of hydrogen-bond acceptors (Lipinski definition) is 3. The van der Waals surface area contributed by atoms with E-state index in [0.29, 0.717) is 38.5 Å². The molecular formula is C20H11Cl2N3O. The molecule has 4 nitrogen and oxygen atoms in total. The van der Waals surface area contributed by atoms with Crippen LogP contribution >= 0.6 is 23.2 Å². The molecule has 4 aromatic rings. The third-order valence-corrected chi connectivity index (χ3v) is 4.71. The van der Waals surface area contributed by atoms with Crippen LogP contribution in [-0.2, 0) is 0 Å². The highest BCUT2D eigenvalue weighted by atomic mass is 35.5. The largest absolute Gasteiger partial charge is 0.457 e. The monoisotopic (exact) mass is 379 g/mol. The number of halogens is 2. The molecule has 0 atom stereocenters. The Bertz CT molecular complexity index is 1150. The first-order valence-electron chi connectivity index (χ1n) is 7.77. The maximum absolute atomic E-state index is 9.51. The Balaban J connectivity index is 1.72. The summed E-state index contributed by atoms with van der Waals surface area (Å²) in [5, 5.41) is 10.4. The van der Waals surface area contributed by atoms with Crippen molar-refractivity contribution in [3.05, 3.63) is 76.2 Å². The van der Waals surface area contributed by atoms with E-state index >= 15 is 0 Å². The summed E-state index contributed by atoms with van der Waals surface area (Å²) in [6, 6.07) is 18.7. The average molecular weight is 380 g/mol. The highest BCUT2D eigenvalue weighted by molar-refractivity contribution is 6.43. The molecule has 0 amide bonds. The van der Waals surface area contributed by atoms with Gasteiger partial charge in [-0.3, -0.25) is 0 Å². The van der Waals surface area contributed by atoms with E-state index in [1.165, 1.54) is 0 Å². The van der Waals surface area contributed by atoms with Crippen molar-refractivity contribution in [2.45, 2.75) is 0 Å². The second-order valence-electron chi connectivity index (χ2n) is 5.58. The Hall–Kier alpha value is -3.00. The Morgan fingerprint density at radius 3 is 2.73 bits per heavy atom. The van der Waals surface area contributed by atoms with Crippen LogP contribution in [0.3, 0.4) is 0 Å². The Morgan fingerprint density at radius 1 is 1.08 bits per heavy atom. The number of H-pyrrole nitrogens is 1. The lowest BCUT2D eigenvalue weighted by Crippen LogP contribution is -1.84. The summed E-state index contributed by atoms with van der Waals surface area (Å²) in [6.07, 6.45) is 1.64. The van der Waals surface area contributed by atoms with Crippen LogP contribution < -0.4 is 0 Å². The molecule has 2 aromatic heterocycles. The van der Waals surface area contributed by atoms with Gasteiger partial charge in [0.2, 0.25) is 0 Å². The highest BCUT2D eigenvalue weighted by Crippen LogP contribution is 2.34. The van der Waals surface area contributed by atoms with Gasteiger partial charge >= 0.3 is 0 Å². The molecule has 0 fully saturated rings. The van der Waals surface area contributed by atoms with Crippen LogP contribution in [0.5, 0.6) is 0 Å². The van der Waals surface area contributed by atoms with Crippen molar-refractivity contribution >= 4 is 45.9 Å². The molecule has 0 saturated carbocycles. The van der Waals surface area contributed by atoms with E-state index < -0.39 is 0 Å². The number of nitrogens with one attached hydrogen (secondary N) is 1. The molecule has 0 aliphatic carbocycles. The van der Waals surface area contributed by atoms with Gasteiger partial charge in [0.25, 0.3) is 0 Å². The van der Waals surface area contributed by atoms with Crippen LogP contribution in [0.2, 0.25) is 10.0 Å². The van der Waals surface area contributed by atoms with Crippen LogP contribution in [-0.4, -0.2) is 9.97 Å². The molecule has 126 valence electrons. The number of aromatic nitrogens is 2. The van der Waals surface area contributed by atoms with Crippen LogP contribution in [0.25, 0.3) is 34.0 Å². The van der Waals surface area contributed by atoms with Gasteiger partial charge in [-0.25, -0.2) is 4.98 Å². The fraction of sp³-hybridized carbons (Fsp3) is 0. The SMILES string of the molecule is N#C/C(=C\c1ccc(-c2cccc(Cl)c2Cl)o1)c1nc2ccccc2[nH]1. The standard InChI is InChI=1S/C20H11Cl2N3O/c21-15-5-3-4-14(19(15)22)18-9-8-13(26-18)10-12(11-23)20-24-16-6-1-2-7-17(16)25-20/h1-10H,(H,24,25)/b12-10+. The summed E-state index contributed by atoms with van der Waals surface area (Å²) in [6.45, 7) is 0. The van der Waals surface area contributed by atoms with Crippen molar-refractivity contribution in [1.82, 2.24) is 9.97 Å². The quantitative estimate of drug-likeness (QED) is 0.431. The van der Waals surface area contributed by atoms with Crippen LogP contribution in [0, 0.1) is 11.3 Å². The van der Waals surface area contributed by atoms with Crippen molar-refractivity contribution in [2.75, 3.05) is 0 Å². The number of nitrogens with zero attached hydrogens (tertiary/aromatic N) is 2. The van der Waals surface area contributed by atoms with E-state index in [0.717, 1.165) is 11.0 Å². The van der Waals surface area contributed by atoms with Gasteiger partial charge in [0, 0.05) is 11.6 Å². The normalized spacial score (nSPS) is 11.7. The predicted octanol–water partition coefficient (Wildman–Crippen LogP) is 6.19. The highest BCUT2D eigenvalue weighted by Gasteiger charge is 2.12. The zero-order valence-electron chi connectivity index (χ0n) is 13.3. The molecule has 26 heavy (non-hydrogen) atoms. The number of hydrogen-bond donors (Lipinski definition) is 1. The maximum Gasteiger partial charge on any atom is 0.149 e.